The monoisotopic (exact) mass is 168 g/mol. The van der Waals surface area contributed by atoms with Crippen molar-refractivity contribution in [2.75, 3.05) is 6.67 Å². The van der Waals surface area contributed by atoms with E-state index >= 15 is 0 Å². The largest absolute Gasteiger partial charge is 0.300 e. The van der Waals surface area contributed by atoms with E-state index < -0.39 is 0 Å². The van der Waals surface area contributed by atoms with Gasteiger partial charge in [-0.25, -0.2) is 0 Å². The van der Waals surface area contributed by atoms with Gasteiger partial charge in [-0.05, 0) is 25.2 Å². The molecule has 2 N–H and O–H groups in total. The maximum absolute atomic E-state index is 3.54. The zero-order chi connectivity index (χ0) is 8.39. The Bertz CT molecular complexity index is 147. The SMILES string of the molecule is CCC[C@H]1CCC2NCNC2C1. The van der Waals surface area contributed by atoms with E-state index in [1.54, 1.807) is 0 Å². The van der Waals surface area contributed by atoms with Gasteiger partial charge < -0.3 is 10.6 Å². The van der Waals surface area contributed by atoms with Crippen LogP contribution in [0.25, 0.3) is 0 Å². The highest BCUT2D eigenvalue weighted by molar-refractivity contribution is 4.93. The summed E-state index contributed by atoms with van der Waals surface area (Å²) in [6, 6.07) is 1.58. The van der Waals surface area contributed by atoms with Gasteiger partial charge in [0.05, 0.1) is 0 Å². The van der Waals surface area contributed by atoms with Crippen molar-refractivity contribution in [3.8, 4) is 0 Å². The van der Waals surface area contributed by atoms with Crippen LogP contribution in [-0.2, 0) is 0 Å². The Labute approximate surface area is 75.1 Å². The highest BCUT2D eigenvalue weighted by atomic mass is 15.2. The molecule has 2 fully saturated rings. The van der Waals surface area contributed by atoms with Gasteiger partial charge in [-0.1, -0.05) is 19.8 Å². The van der Waals surface area contributed by atoms with Gasteiger partial charge in [0.1, 0.15) is 0 Å². The van der Waals surface area contributed by atoms with Crippen LogP contribution in [0.5, 0.6) is 0 Å². The normalized spacial score (nSPS) is 41.2. The molecule has 0 aromatic heterocycles. The fourth-order valence-corrected chi connectivity index (χ4v) is 2.72. The molecule has 2 aliphatic rings. The molecule has 0 aromatic rings. The van der Waals surface area contributed by atoms with Gasteiger partial charge in [0, 0.05) is 18.8 Å². The first-order valence-corrected chi connectivity index (χ1v) is 5.37. The summed E-state index contributed by atoms with van der Waals surface area (Å²) in [7, 11) is 0. The summed E-state index contributed by atoms with van der Waals surface area (Å²) >= 11 is 0. The lowest BCUT2D eigenvalue weighted by atomic mass is 9.81. The minimum absolute atomic E-state index is 0.787. The number of fused-ring (bicyclic) bond motifs is 1. The highest BCUT2D eigenvalue weighted by Gasteiger charge is 2.32. The van der Waals surface area contributed by atoms with Gasteiger partial charge in [-0.2, -0.15) is 0 Å². The summed E-state index contributed by atoms with van der Waals surface area (Å²) in [6.45, 7) is 3.33. The minimum Gasteiger partial charge on any atom is -0.300 e. The lowest BCUT2D eigenvalue weighted by Crippen LogP contribution is -2.39. The number of hydrogen-bond donors (Lipinski definition) is 2. The molecule has 2 rings (SSSR count). The first kappa shape index (κ1) is 8.52. The highest BCUT2D eigenvalue weighted by Crippen LogP contribution is 2.29. The Morgan fingerprint density at radius 1 is 1.17 bits per heavy atom. The van der Waals surface area contributed by atoms with Gasteiger partial charge in [-0.15, -0.1) is 0 Å². The third-order valence-electron chi connectivity index (χ3n) is 3.38. The van der Waals surface area contributed by atoms with E-state index in [1.807, 2.05) is 0 Å². The van der Waals surface area contributed by atoms with E-state index in [2.05, 4.69) is 17.6 Å². The van der Waals surface area contributed by atoms with Gasteiger partial charge in [0.25, 0.3) is 0 Å². The van der Waals surface area contributed by atoms with Crippen molar-refractivity contribution < 1.29 is 0 Å². The molecule has 1 aliphatic heterocycles. The summed E-state index contributed by atoms with van der Waals surface area (Å²) in [5.41, 5.74) is 0. The van der Waals surface area contributed by atoms with Crippen LogP contribution >= 0.6 is 0 Å². The van der Waals surface area contributed by atoms with E-state index in [0.29, 0.717) is 0 Å². The van der Waals surface area contributed by atoms with Crippen LogP contribution in [0.3, 0.4) is 0 Å². The molecule has 1 saturated heterocycles. The lowest BCUT2D eigenvalue weighted by molar-refractivity contribution is 0.269. The van der Waals surface area contributed by atoms with Crippen LogP contribution in [0.2, 0.25) is 0 Å². The third kappa shape index (κ3) is 1.64. The minimum atomic E-state index is 0.787. The Kier molecular flexibility index (Phi) is 2.66. The molecule has 1 saturated carbocycles. The van der Waals surface area contributed by atoms with Gasteiger partial charge in [0.15, 0.2) is 0 Å². The second kappa shape index (κ2) is 3.75. The fourth-order valence-electron chi connectivity index (χ4n) is 2.72. The van der Waals surface area contributed by atoms with Crippen LogP contribution in [0, 0.1) is 5.92 Å². The summed E-state index contributed by atoms with van der Waals surface area (Å²) < 4.78 is 0. The molecule has 70 valence electrons. The van der Waals surface area contributed by atoms with Crippen LogP contribution in [-0.4, -0.2) is 18.8 Å². The standard InChI is InChI=1S/C10H20N2/c1-2-3-8-4-5-9-10(6-8)12-7-11-9/h8-12H,2-7H2,1H3/t8-,9?,10?/m0/s1. The number of nitrogens with one attached hydrogen (secondary N) is 2. The maximum atomic E-state index is 3.54. The quantitative estimate of drug-likeness (QED) is 0.652. The van der Waals surface area contributed by atoms with E-state index in [9.17, 15) is 0 Å². The summed E-state index contributed by atoms with van der Waals surface area (Å²) in [5, 5.41) is 7.05. The summed E-state index contributed by atoms with van der Waals surface area (Å²) in [5.74, 6) is 1.00. The Morgan fingerprint density at radius 2 is 2.00 bits per heavy atom. The second-order valence-electron chi connectivity index (χ2n) is 4.27. The summed E-state index contributed by atoms with van der Waals surface area (Å²) in [4.78, 5) is 0. The van der Waals surface area contributed by atoms with Crippen LogP contribution < -0.4 is 10.6 Å². The molecule has 2 unspecified atom stereocenters. The lowest BCUT2D eigenvalue weighted by Gasteiger charge is -2.31. The van der Waals surface area contributed by atoms with Gasteiger partial charge in [0.2, 0.25) is 0 Å². The molecular weight excluding hydrogens is 148 g/mol. The molecule has 3 atom stereocenters. The molecule has 0 radical (unpaired) electrons. The van der Waals surface area contributed by atoms with Crippen molar-refractivity contribution in [2.24, 2.45) is 5.92 Å². The Balaban J connectivity index is 1.84. The average molecular weight is 168 g/mol. The Hall–Kier alpha value is -0.0800. The summed E-state index contributed by atoms with van der Waals surface area (Å²) in [6.07, 6.45) is 7.04. The molecule has 2 nitrogen and oxygen atoms in total. The molecule has 0 bridgehead atoms. The topological polar surface area (TPSA) is 24.1 Å². The number of rotatable bonds is 2. The predicted molar refractivity (Wildman–Crippen MR) is 51.0 cm³/mol. The van der Waals surface area contributed by atoms with Crippen molar-refractivity contribution in [3.05, 3.63) is 0 Å². The fraction of sp³-hybridized carbons (Fsp3) is 1.00. The van der Waals surface area contributed by atoms with Crippen molar-refractivity contribution in [3.63, 3.8) is 0 Å². The first-order chi connectivity index (χ1) is 5.90. The predicted octanol–water partition coefficient (Wildman–Crippen LogP) is 1.47. The van der Waals surface area contributed by atoms with E-state index in [0.717, 1.165) is 24.7 Å². The van der Waals surface area contributed by atoms with Gasteiger partial charge >= 0.3 is 0 Å². The molecule has 2 heteroatoms. The van der Waals surface area contributed by atoms with Crippen LogP contribution in [0.15, 0.2) is 0 Å². The maximum Gasteiger partial charge on any atom is 0.0459 e. The second-order valence-corrected chi connectivity index (χ2v) is 4.27. The van der Waals surface area contributed by atoms with Crippen LogP contribution in [0.4, 0.5) is 0 Å². The van der Waals surface area contributed by atoms with Crippen molar-refractivity contribution in [1.29, 1.82) is 0 Å². The molecular formula is C10H20N2. The van der Waals surface area contributed by atoms with E-state index in [-0.39, 0.29) is 0 Å². The zero-order valence-electron chi connectivity index (χ0n) is 7.97. The molecule has 1 aliphatic carbocycles. The van der Waals surface area contributed by atoms with Gasteiger partial charge in [-0.3, -0.25) is 0 Å². The van der Waals surface area contributed by atoms with Crippen LogP contribution in [0.1, 0.15) is 39.0 Å². The molecule has 1 heterocycles. The van der Waals surface area contributed by atoms with Crippen molar-refractivity contribution >= 4 is 0 Å². The first-order valence-electron chi connectivity index (χ1n) is 5.37. The smallest absolute Gasteiger partial charge is 0.0459 e. The molecule has 0 aromatic carbocycles. The third-order valence-corrected chi connectivity index (χ3v) is 3.38. The van der Waals surface area contributed by atoms with Crippen molar-refractivity contribution in [2.45, 2.75) is 51.1 Å². The van der Waals surface area contributed by atoms with E-state index in [1.165, 1.54) is 32.1 Å². The van der Waals surface area contributed by atoms with E-state index in [4.69, 9.17) is 0 Å². The average Bonchev–Trinajstić information content (AvgIpc) is 2.51. The Morgan fingerprint density at radius 3 is 2.83 bits per heavy atom. The number of hydrogen-bond acceptors (Lipinski definition) is 2. The van der Waals surface area contributed by atoms with Crippen molar-refractivity contribution in [1.82, 2.24) is 10.6 Å². The molecule has 0 amide bonds. The molecule has 0 spiro atoms. The molecule has 12 heavy (non-hydrogen) atoms. The zero-order valence-corrected chi connectivity index (χ0v) is 7.97.